The summed E-state index contributed by atoms with van der Waals surface area (Å²) in [7, 11) is 1.64. The van der Waals surface area contributed by atoms with Crippen LogP contribution in [0.15, 0.2) is 54.6 Å². The minimum Gasteiger partial charge on any atom is -0.497 e. The number of methoxy groups -OCH3 is 1. The molecule has 4 nitrogen and oxygen atoms in total. The zero-order chi connectivity index (χ0) is 18.1. The molecular formula is C22H27NO3. The third kappa shape index (κ3) is 3.37. The molecule has 0 amide bonds. The lowest BCUT2D eigenvalue weighted by Gasteiger charge is -2.27. The molecule has 0 bridgehead atoms. The average molecular weight is 353 g/mol. The Balaban J connectivity index is 1.36. The van der Waals surface area contributed by atoms with Gasteiger partial charge < -0.3 is 14.9 Å². The van der Waals surface area contributed by atoms with Crippen LogP contribution in [0.4, 0.5) is 0 Å². The molecule has 1 aliphatic heterocycles. The molecule has 26 heavy (non-hydrogen) atoms. The first-order valence-electron chi connectivity index (χ1n) is 9.40. The number of fused-ring (bicyclic) bond motifs is 1. The minimum atomic E-state index is -0.683. The van der Waals surface area contributed by atoms with Crippen molar-refractivity contribution in [3.8, 4) is 5.75 Å². The SMILES string of the molecule is COc1ccc(C(O)CN2C[C@@H]3C[C@@](O)(c4ccccc4)C[C@@H]3C2)cc1. The van der Waals surface area contributed by atoms with Crippen molar-refractivity contribution in [2.45, 2.75) is 24.5 Å². The second-order valence-corrected chi connectivity index (χ2v) is 7.83. The number of hydrogen-bond acceptors (Lipinski definition) is 4. The Morgan fingerprint density at radius 3 is 2.23 bits per heavy atom. The molecule has 138 valence electrons. The fourth-order valence-corrected chi connectivity index (χ4v) is 4.76. The maximum absolute atomic E-state index is 11.1. The molecule has 1 saturated heterocycles. The highest BCUT2D eigenvalue weighted by Gasteiger charge is 2.49. The van der Waals surface area contributed by atoms with Gasteiger partial charge in [0.15, 0.2) is 0 Å². The molecule has 2 aliphatic rings. The lowest BCUT2D eigenvalue weighted by molar-refractivity contribution is 0.0288. The molecule has 2 fully saturated rings. The topological polar surface area (TPSA) is 52.9 Å². The lowest BCUT2D eigenvalue weighted by Crippen LogP contribution is -2.30. The Kier molecular flexibility index (Phi) is 4.74. The molecule has 1 heterocycles. The fraction of sp³-hybridized carbons (Fsp3) is 0.455. The summed E-state index contributed by atoms with van der Waals surface area (Å²) < 4.78 is 5.17. The van der Waals surface area contributed by atoms with Gasteiger partial charge in [0, 0.05) is 19.6 Å². The fourth-order valence-electron chi connectivity index (χ4n) is 4.76. The van der Waals surface area contributed by atoms with Crippen molar-refractivity contribution in [3.05, 3.63) is 65.7 Å². The maximum atomic E-state index is 11.1. The van der Waals surface area contributed by atoms with Crippen molar-refractivity contribution in [2.75, 3.05) is 26.7 Å². The van der Waals surface area contributed by atoms with Crippen molar-refractivity contribution < 1.29 is 14.9 Å². The number of aliphatic hydroxyl groups excluding tert-OH is 1. The largest absolute Gasteiger partial charge is 0.497 e. The van der Waals surface area contributed by atoms with Crippen LogP contribution in [0, 0.1) is 11.8 Å². The van der Waals surface area contributed by atoms with E-state index in [1.54, 1.807) is 7.11 Å². The summed E-state index contributed by atoms with van der Waals surface area (Å²) in [5, 5.41) is 21.6. The summed E-state index contributed by atoms with van der Waals surface area (Å²) in [6, 6.07) is 17.7. The number of benzene rings is 2. The molecule has 2 aromatic rings. The van der Waals surface area contributed by atoms with Crippen molar-refractivity contribution in [1.29, 1.82) is 0 Å². The molecule has 2 N–H and O–H groups in total. The summed E-state index contributed by atoms with van der Waals surface area (Å²) in [6.45, 7) is 2.54. The normalized spacial score (nSPS) is 29.5. The van der Waals surface area contributed by atoms with Crippen LogP contribution in [0.5, 0.6) is 5.75 Å². The maximum Gasteiger partial charge on any atom is 0.118 e. The van der Waals surface area contributed by atoms with E-state index in [1.807, 2.05) is 54.6 Å². The van der Waals surface area contributed by atoms with Gasteiger partial charge in [0.2, 0.25) is 0 Å². The Hall–Kier alpha value is -1.88. The van der Waals surface area contributed by atoms with Gasteiger partial charge in [0.05, 0.1) is 18.8 Å². The molecule has 4 heteroatoms. The van der Waals surface area contributed by atoms with Gasteiger partial charge in [-0.05, 0) is 47.9 Å². The van der Waals surface area contributed by atoms with Gasteiger partial charge in [-0.2, -0.15) is 0 Å². The van der Waals surface area contributed by atoms with E-state index < -0.39 is 11.7 Å². The first-order chi connectivity index (χ1) is 12.6. The second kappa shape index (κ2) is 7.03. The van der Waals surface area contributed by atoms with E-state index in [-0.39, 0.29) is 0 Å². The monoisotopic (exact) mass is 353 g/mol. The van der Waals surface area contributed by atoms with Crippen molar-refractivity contribution in [1.82, 2.24) is 4.90 Å². The van der Waals surface area contributed by atoms with Crippen LogP contribution in [0.25, 0.3) is 0 Å². The Labute approximate surface area is 155 Å². The van der Waals surface area contributed by atoms with Crippen LogP contribution in [-0.2, 0) is 5.60 Å². The highest BCUT2D eigenvalue weighted by atomic mass is 16.5. The van der Waals surface area contributed by atoms with Gasteiger partial charge in [-0.15, -0.1) is 0 Å². The number of nitrogens with zero attached hydrogens (tertiary/aromatic N) is 1. The van der Waals surface area contributed by atoms with Gasteiger partial charge >= 0.3 is 0 Å². The van der Waals surface area contributed by atoms with Crippen LogP contribution in [0.1, 0.15) is 30.1 Å². The molecule has 2 aromatic carbocycles. The molecular weight excluding hydrogens is 326 g/mol. The predicted molar refractivity (Wildman–Crippen MR) is 101 cm³/mol. The number of β-amino-alcohol motifs (C(OH)–C–C–N with tert-alkyl or cyclic N) is 1. The highest BCUT2D eigenvalue weighted by Crippen LogP contribution is 2.49. The third-order valence-electron chi connectivity index (χ3n) is 6.09. The Morgan fingerprint density at radius 1 is 1.04 bits per heavy atom. The highest BCUT2D eigenvalue weighted by molar-refractivity contribution is 5.29. The number of hydrogen-bond donors (Lipinski definition) is 2. The van der Waals surface area contributed by atoms with Gasteiger partial charge in [0.1, 0.15) is 5.75 Å². The van der Waals surface area contributed by atoms with Gasteiger partial charge in [-0.25, -0.2) is 0 Å². The first-order valence-corrected chi connectivity index (χ1v) is 9.40. The summed E-state index contributed by atoms with van der Waals surface area (Å²) in [4.78, 5) is 2.34. The van der Waals surface area contributed by atoms with Crippen molar-refractivity contribution in [3.63, 3.8) is 0 Å². The van der Waals surface area contributed by atoms with E-state index in [9.17, 15) is 10.2 Å². The van der Waals surface area contributed by atoms with E-state index in [4.69, 9.17) is 4.74 Å². The van der Waals surface area contributed by atoms with E-state index >= 15 is 0 Å². The lowest BCUT2D eigenvalue weighted by atomic mass is 9.90. The predicted octanol–water partition coefficient (Wildman–Crippen LogP) is 2.96. The summed E-state index contributed by atoms with van der Waals surface area (Å²) in [5.41, 5.74) is 1.28. The van der Waals surface area contributed by atoms with E-state index in [2.05, 4.69) is 4.90 Å². The first kappa shape index (κ1) is 17.5. The summed E-state index contributed by atoms with van der Waals surface area (Å²) in [6.07, 6.45) is 1.14. The van der Waals surface area contributed by atoms with E-state index in [0.29, 0.717) is 18.4 Å². The average Bonchev–Trinajstić information content (AvgIpc) is 3.17. The van der Waals surface area contributed by atoms with E-state index in [1.165, 1.54) is 0 Å². The number of rotatable bonds is 5. The smallest absolute Gasteiger partial charge is 0.118 e. The number of ether oxygens (including phenoxy) is 1. The Morgan fingerprint density at radius 2 is 1.65 bits per heavy atom. The van der Waals surface area contributed by atoms with Crippen LogP contribution >= 0.6 is 0 Å². The number of aliphatic hydroxyl groups is 2. The van der Waals surface area contributed by atoms with Gasteiger partial charge in [0.25, 0.3) is 0 Å². The molecule has 0 radical (unpaired) electrons. The zero-order valence-electron chi connectivity index (χ0n) is 15.2. The third-order valence-corrected chi connectivity index (χ3v) is 6.09. The Bertz CT molecular complexity index is 717. The minimum absolute atomic E-state index is 0.493. The molecule has 0 spiro atoms. The standard InChI is InChI=1S/C22H27NO3/c1-26-20-9-7-16(8-10-20)21(24)15-23-13-17-11-22(25,12-18(17)14-23)19-5-3-2-4-6-19/h2-10,17-18,21,24-25H,11-15H2,1H3/t17-,18+,21?,22-. The van der Waals surface area contributed by atoms with Gasteiger partial charge in [-0.3, -0.25) is 4.90 Å². The molecule has 1 saturated carbocycles. The second-order valence-electron chi connectivity index (χ2n) is 7.83. The molecule has 1 unspecified atom stereocenters. The summed E-state index contributed by atoms with van der Waals surface area (Å²) >= 11 is 0. The number of likely N-dealkylation sites (tertiary alicyclic amines) is 1. The quantitative estimate of drug-likeness (QED) is 0.868. The van der Waals surface area contributed by atoms with Crippen LogP contribution in [0.2, 0.25) is 0 Å². The molecule has 4 rings (SSSR count). The molecule has 0 aromatic heterocycles. The molecule has 4 atom stereocenters. The van der Waals surface area contributed by atoms with Crippen molar-refractivity contribution in [2.24, 2.45) is 11.8 Å². The summed E-state index contributed by atoms with van der Waals surface area (Å²) in [5.74, 6) is 1.81. The van der Waals surface area contributed by atoms with E-state index in [0.717, 1.165) is 42.8 Å². The van der Waals surface area contributed by atoms with Crippen LogP contribution in [0.3, 0.4) is 0 Å². The van der Waals surface area contributed by atoms with Crippen LogP contribution in [-0.4, -0.2) is 41.9 Å². The van der Waals surface area contributed by atoms with Gasteiger partial charge in [-0.1, -0.05) is 42.5 Å². The van der Waals surface area contributed by atoms with Crippen molar-refractivity contribution >= 4 is 0 Å². The zero-order valence-corrected chi connectivity index (χ0v) is 15.2. The van der Waals surface area contributed by atoms with Crippen LogP contribution < -0.4 is 4.74 Å². The molecule has 1 aliphatic carbocycles.